The van der Waals surface area contributed by atoms with Gasteiger partial charge in [-0.3, -0.25) is 14.5 Å². The van der Waals surface area contributed by atoms with Crippen molar-refractivity contribution in [3.63, 3.8) is 0 Å². The maximum Gasteiger partial charge on any atom is 0.418 e. The van der Waals surface area contributed by atoms with Gasteiger partial charge in [0.15, 0.2) is 0 Å². The molecule has 3 rings (SSSR count). The van der Waals surface area contributed by atoms with Gasteiger partial charge in [-0.15, -0.1) is 0 Å². The number of amides is 2. The molecule has 1 saturated heterocycles. The topological polar surface area (TPSA) is 55.9 Å². The van der Waals surface area contributed by atoms with E-state index in [4.69, 9.17) is 0 Å². The molecule has 0 saturated carbocycles. The van der Waals surface area contributed by atoms with E-state index >= 15 is 0 Å². The molecule has 1 fully saturated rings. The lowest BCUT2D eigenvalue weighted by molar-refractivity contribution is -0.138. The van der Waals surface area contributed by atoms with Crippen molar-refractivity contribution >= 4 is 23.2 Å². The number of nitrogens with one attached hydrogen (secondary N) is 1. The highest BCUT2D eigenvalue weighted by atomic mass is 19.4. The first-order chi connectivity index (χ1) is 15.2. The molecule has 1 N–H and O–H groups in total. The molecule has 1 unspecified atom stereocenters. The Kier molecular flexibility index (Phi) is 7.40. The molecule has 0 spiro atoms. The van der Waals surface area contributed by atoms with Gasteiger partial charge in [0.2, 0.25) is 11.8 Å². The SMILES string of the molecule is CC(C(=O)N(C)CC(=O)Nc1ccccc1C(F)(F)F)N1CCN(c2ccccc2)CC1. The molecule has 9 heteroatoms. The summed E-state index contributed by atoms with van der Waals surface area (Å²) in [6.45, 7) is 4.40. The van der Waals surface area contributed by atoms with Crippen molar-refractivity contribution in [3.8, 4) is 0 Å². The van der Waals surface area contributed by atoms with Crippen LogP contribution < -0.4 is 10.2 Å². The molecule has 1 heterocycles. The number of piperazine rings is 1. The largest absolute Gasteiger partial charge is 0.418 e. The number of likely N-dealkylation sites (N-methyl/N-ethyl adjacent to an activating group) is 1. The summed E-state index contributed by atoms with van der Waals surface area (Å²) in [7, 11) is 1.48. The minimum absolute atomic E-state index is 0.252. The van der Waals surface area contributed by atoms with E-state index in [1.807, 2.05) is 30.3 Å². The van der Waals surface area contributed by atoms with Crippen molar-refractivity contribution < 1.29 is 22.8 Å². The minimum Gasteiger partial charge on any atom is -0.369 e. The Hall–Kier alpha value is -3.07. The zero-order chi connectivity index (χ0) is 23.3. The van der Waals surface area contributed by atoms with E-state index < -0.39 is 23.7 Å². The second-order valence-electron chi connectivity index (χ2n) is 7.82. The Labute approximate surface area is 185 Å². The zero-order valence-corrected chi connectivity index (χ0v) is 18.1. The van der Waals surface area contributed by atoms with Crippen LogP contribution in [0.15, 0.2) is 54.6 Å². The van der Waals surface area contributed by atoms with Crippen molar-refractivity contribution in [2.24, 2.45) is 0 Å². The average molecular weight is 448 g/mol. The zero-order valence-electron chi connectivity index (χ0n) is 18.1. The predicted octanol–water partition coefficient (Wildman–Crippen LogP) is 3.31. The van der Waals surface area contributed by atoms with Gasteiger partial charge in [-0.05, 0) is 31.2 Å². The fourth-order valence-corrected chi connectivity index (χ4v) is 3.80. The van der Waals surface area contributed by atoms with Crippen molar-refractivity contribution in [2.45, 2.75) is 19.1 Å². The third-order valence-corrected chi connectivity index (χ3v) is 5.60. The summed E-state index contributed by atoms with van der Waals surface area (Å²) < 4.78 is 39.3. The molecule has 1 aliphatic heterocycles. The summed E-state index contributed by atoms with van der Waals surface area (Å²) in [5, 5.41) is 2.27. The van der Waals surface area contributed by atoms with Gasteiger partial charge in [-0.2, -0.15) is 13.2 Å². The quantitative estimate of drug-likeness (QED) is 0.737. The van der Waals surface area contributed by atoms with Crippen LogP contribution in [-0.4, -0.2) is 67.4 Å². The Morgan fingerprint density at radius 2 is 1.59 bits per heavy atom. The number of carbonyl (C=O) groups excluding carboxylic acids is 2. The van der Waals surface area contributed by atoms with E-state index in [-0.39, 0.29) is 18.1 Å². The number of carbonyl (C=O) groups is 2. The van der Waals surface area contributed by atoms with Crippen LogP contribution in [0, 0.1) is 0 Å². The Morgan fingerprint density at radius 1 is 1.00 bits per heavy atom. The van der Waals surface area contributed by atoms with Gasteiger partial charge >= 0.3 is 6.18 Å². The smallest absolute Gasteiger partial charge is 0.369 e. The maximum absolute atomic E-state index is 13.1. The first-order valence-electron chi connectivity index (χ1n) is 10.4. The second-order valence-corrected chi connectivity index (χ2v) is 7.82. The van der Waals surface area contributed by atoms with Gasteiger partial charge in [0.25, 0.3) is 0 Å². The van der Waals surface area contributed by atoms with Gasteiger partial charge in [0.1, 0.15) is 0 Å². The lowest BCUT2D eigenvalue weighted by Crippen LogP contribution is -2.54. The number of hydrogen-bond acceptors (Lipinski definition) is 4. The Morgan fingerprint density at radius 3 is 2.22 bits per heavy atom. The highest BCUT2D eigenvalue weighted by Crippen LogP contribution is 2.34. The molecule has 1 aliphatic rings. The number of hydrogen-bond donors (Lipinski definition) is 1. The number of alkyl halides is 3. The summed E-state index contributed by atoms with van der Waals surface area (Å²) >= 11 is 0. The van der Waals surface area contributed by atoms with Gasteiger partial charge < -0.3 is 15.1 Å². The van der Waals surface area contributed by atoms with Crippen LogP contribution in [0.1, 0.15) is 12.5 Å². The standard InChI is InChI=1S/C23H27F3N4O2/c1-17(29-12-14-30(15-13-29)18-8-4-3-5-9-18)22(32)28(2)16-21(31)27-20-11-7-6-10-19(20)23(24,25)26/h3-11,17H,12-16H2,1-2H3,(H,27,31). The van der Waals surface area contributed by atoms with Crippen LogP contribution >= 0.6 is 0 Å². The predicted molar refractivity (Wildman–Crippen MR) is 117 cm³/mol. The summed E-state index contributed by atoms with van der Waals surface area (Å²) in [4.78, 5) is 30.7. The van der Waals surface area contributed by atoms with Crippen molar-refractivity contribution in [3.05, 3.63) is 60.2 Å². The van der Waals surface area contributed by atoms with Crippen LogP contribution in [-0.2, 0) is 15.8 Å². The summed E-state index contributed by atoms with van der Waals surface area (Å²) in [5.74, 6) is -0.934. The minimum atomic E-state index is -4.58. The molecule has 0 radical (unpaired) electrons. The van der Waals surface area contributed by atoms with Gasteiger partial charge in [0, 0.05) is 38.9 Å². The number of benzene rings is 2. The van der Waals surface area contributed by atoms with Crippen molar-refractivity contribution in [2.75, 3.05) is 50.0 Å². The van der Waals surface area contributed by atoms with Gasteiger partial charge in [0.05, 0.1) is 23.8 Å². The normalized spacial score (nSPS) is 15.8. The number of halogens is 3. The van der Waals surface area contributed by atoms with Crippen LogP contribution in [0.5, 0.6) is 0 Å². The van der Waals surface area contributed by atoms with Crippen molar-refractivity contribution in [1.29, 1.82) is 0 Å². The molecular weight excluding hydrogens is 421 g/mol. The molecule has 0 aromatic heterocycles. The van der Waals surface area contributed by atoms with Crippen LogP contribution in [0.25, 0.3) is 0 Å². The van der Waals surface area contributed by atoms with Gasteiger partial charge in [-0.25, -0.2) is 0 Å². The molecule has 0 aliphatic carbocycles. The van der Waals surface area contributed by atoms with Crippen LogP contribution in [0.4, 0.5) is 24.5 Å². The number of nitrogens with zero attached hydrogens (tertiary/aromatic N) is 3. The number of para-hydroxylation sites is 2. The first-order valence-corrected chi connectivity index (χ1v) is 10.4. The molecule has 2 amide bonds. The van der Waals surface area contributed by atoms with Crippen molar-refractivity contribution in [1.82, 2.24) is 9.80 Å². The molecule has 0 bridgehead atoms. The van der Waals surface area contributed by atoms with E-state index in [9.17, 15) is 22.8 Å². The molecule has 172 valence electrons. The number of rotatable bonds is 6. The van der Waals surface area contributed by atoms with Crippen LogP contribution in [0.3, 0.4) is 0 Å². The molecule has 1 atom stereocenters. The Balaban J connectivity index is 1.53. The average Bonchev–Trinajstić information content (AvgIpc) is 2.78. The second kappa shape index (κ2) is 10.0. The lowest BCUT2D eigenvalue weighted by atomic mass is 10.1. The summed E-state index contributed by atoms with van der Waals surface area (Å²) in [5.41, 5.74) is -0.109. The lowest BCUT2D eigenvalue weighted by Gasteiger charge is -2.39. The highest BCUT2D eigenvalue weighted by molar-refractivity contribution is 5.95. The number of anilines is 2. The molecule has 2 aromatic rings. The summed E-state index contributed by atoms with van der Waals surface area (Å²) in [6, 6.07) is 14.4. The van der Waals surface area contributed by atoms with E-state index in [0.29, 0.717) is 13.1 Å². The first kappa shape index (κ1) is 23.6. The third kappa shape index (κ3) is 5.79. The summed E-state index contributed by atoms with van der Waals surface area (Å²) in [6.07, 6.45) is -4.58. The fourth-order valence-electron chi connectivity index (χ4n) is 3.80. The van der Waals surface area contributed by atoms with Gasteiger partial charge in [-0.1, -0.05) is 30.3 Å². The Bertz CT molecular complexity index is 928. The fraction of sp³-hybridized carbons (Fsp3) is 0.391. The van der Waals surface area contributed by atoms with Crippen LogP contribution in [0.2, 0.25) is 0 Å². The van der Waals surface area contributed by atoms with E-state index in [0.717, 1.165) is 24.8 Å². The van der Waals surface area contributed by atoms with E-state index in [1.54, 1.807) is 6.92 Å². The molecule has 2 aromatic carbocycles. The molecular formula is C23H27F3N4O2. The molecule has 6 nitrogen and oxygen atoms in total. The highest BCUT2D eigenvalue weighted by Gasteiger charge is 2.34. The third-order valence-electron chi connectivity index (χ3n) is 5.60. The van der Waals surface area contributed by atoms with E-state index in [2.05, 4.69) is 15.1 Å². The maximum atomic E-state index is 13.1. The monoisotopic (exact) mass is 448 g/mol. The molecule has 32 heavy (non-hydrogen) atoms. The van der Waals surface area contributed by atoms with E-state index in [1.165, 1.54) is 30.1 Å².